The molecule has 0 atom stereocenters. The SMILES string of the molecule is CCc1ccc(C(=O)Cn2c(N3CCOCC3)nc3ccccc32)cc1. The molecule has 2 aromatic carbocycles. The van der Waals surface area contributed by atoms with Crippen LogP contribution >= 0.6 is 0 Å². The van der Waals surface area contributed by atoms with Gasteiger partial charge in [-0.3, -0.25) is 4.79 Å². The van der Waals surface area contributed by atoms with E-state index in [0.29, 0.717) is 19.8 Å². The number of fused-ring (bicyclic) bond motifs is 1. The van der Waals surface area contributed by atoms with Crippen LogP contribution in [0.4, 0.5) is 5.95 Å². The monoisotopic (exact) mass is 349 g/mol. The van der Waals surface area contributed by atoms with Crippen molar-refractivity contribution in [2.45, 2.75) is 19.9 Å². The molecule has 0 unspecified atom stereocenters. The molecule has 1 saturated heterocycles. The molecule has 3 aromatic rings. The Morgan fingerprint density at radius 2 is 1.81 bits per heavy atom. The Morgan fingerprint density at radius 3 is 2.54 bits per heavy atom. The van der Waals surface area contributed by atoms with Crippen LogP contribution < -0.4 is 4.90 Å². The molecule has 0 radical (unpaired) electrons. The number of aryl methyl sites for hydroxylation is 1. The molecular formula is C21H23N3O2. The highest BCUT2D eigenvalue weighted by Crippen LogP contribution is 2.24. The van der Waals surface area contributed by atoms with Crippen molar-refractivity contribution in [1.29, 1.82) is 0 Å². The number of para-hydroxylation sites is 2. The normalized spacial score (nSPS) is 14.7. The summed E-state index contributed by atoms with van der Waals surface area (Å²) in [5.74, 6) is 0.957. The lowest BCUT2D eigenvalue weighted by atomic mass is 10.1. The van der Waals surface area contributed by atoms with Crippen LogP contribution in [-0.2, 0) is 17.7 Å². The second-order valence-electron chi connectivity index (χ2n) is 6.56. The Labute approximate surface area is 153 Å². The van der Waals surface area contributed by atoms with Crippen molar-refractivity contribution >= 4 is 22.8 Å². The van der Waals surface area contributed by atoms with Crippen molar-refractivity contribution in [3.05, 3.63) is 59.7 Å². The van der Waals surface area contributed by atoms with E-state index in [2.05, 4.69) is 11.8 Å². The Morgan fingerprint density at radius 1 is 1.08 bits per heavy atom. The zero-order valence-electron chi connectivity index (χ0n) is 15.0. The molecule has 1 aliphatic heterocycles. The molecule has 0 bridgehead atoms. The standard InChI is InChI=1S/C21H23N3O2/c1-2-16-7-9-17(10-8-16)20(25)15-24-19-6-4-3-5-18(19)22-21(24)23-11-13-26-14-12-23/h3-10H,2,11-15H2,1H3. The second kappa shape index (κ2) is 7.30. The number of aromatic nitrogens is 2. The number of Topliss-reactive ketones (excluding diaryl/α,β-unsaturated/α-hetero) is 1. The summed E-state index contributed by atoms with van der Waals surface area (Å²) in [5, 5.41) is 0. The van der Waals surface area contributed by atoms with Crippen molar-refractivity contribution in [1.82, 2.24) is 9.55 Å². The average molecular weight is 349 g/mol. The third-order valence-corrected chi connectivity index (χ3v) is 4.91. The summed E-state index contributed by atoms with van der Waals surface area (Å²) >= 11 is 0. The fourth-order valence-electron chi connectivity index (χ4n) is 3.38. The van der Waals surface area contributed by atoms with E-state index >= 15 is 0 Å². The number of hydrogen-bond donors (Lipinski definition) is 0. The van der Waals surface area contributed by atoms with Gasteiger partial charge in [-0.25, -0.2) is 4.98 Å². The van der Waals surface area contributed by atoms with Crippen LogP contribution in [0.3, 0.4) is 0 Å². The summed E-state index contributed by atoms with van der Waals surface area (Å²) in [6.45, 7) is 5.37. The number of benzene rings is 2. The number of ketones is 1. The van der Waals surface area contributed by atoms with E-state index in [4.69, 9.17) is 9.72 Å². The molecule has 0 aliphatic carbocycles. The number of imidazole rings is 1. The van der Waals surface area contributed by atoms with Crippen molar-refractivity contribution in [2.75, 3.05) is 31.2 Å². The number of carbonyl (C=O) groups is 1. The average Bonchev–Trinajstić information content (AvgIpc) is 3.07. The zero-order chi connectivity index (χ0) is 17.9. The molecule has 0 amide bonds. The maximum Gasteiger partial charge on any atom is 0.207 e. The maximum absolute atomic E-state index is 12.9. The quantitative estimate of drug-likeness (QED) is 0.663. The first kappa shape index (κ1) is 16.8. The maximum atomic E-state index is 12.9. The first-order valence-corrected chi connectivity index (χ1v) is 9.16. The van der Waals surface area contributed by atoms with Gasteiger partial charge >= 0.3 is 0 Å². The third-order valence-electron chi connectivity index (χ3n) is 4.91. The van der Waals surface area contributed by atoms with E-state index in [1.54, 1.807) is 0 Å². The van der Waals surface area contributed by atoms with E-state index in [9.17, 15) is 4.79 Å². The van der Waals surface area contributed by atoms with Crippen LogP contribution in [0.5, 0.6) is 0 Å². The number of hydrogen-bond acceptors (Lipinski definition) is 4. The van der Waals surface area contributed by atoms with Gasteiger partial charge in [0.2, 0.25) is 5.95 Å². The highest BCUT2D eigenvalue weighted by atomic mass is 16.5. The van der Waals surface area contributed by atoms with E-state index in [1.807, 2.05) is 53.1 Å². The van der Waals surface area contributed by atoms with Gasteiger partial charge in [0.05, 0.1) is 30.8 Å². The fourth-order valence-corrected chi connectivity index (χ4v) is 3.38. The van der Waals surface area contributed by atoms with Gasteiger partial charge < -0.3 is 14.2 Å². The lowest BCUT2D eigenvalue weighted by Crippen LogP contribution is -2.38. The predicted octanol–water partition coefficient (Wildman–Crippen LogP) is 3.32. The summed E-state index contributed by atoms with van der Waals surface area (Å²) in [7, 11) is 0. The van der Waals surface area contributed by atoms with E-state index < -0.39 is 0 Å². The van der Waals surface area contributed by atoms with Gasteiger partial charge in [0.1, 0.15) is 0 Å². The Balaban J connectivity index is 1.68. The molecule has 5 nitrogen and oxygen atoms in total. The molecule has 0 saturated carbocycles. The molecule has 134 valence electrons. The summed E-state index contributed by atoms with van der Waals surface area (Å²) in [5.41, 5.74) is 3.90. The molecule has 4 rings (SSSR count). The lowest BCUT2D eigenvalue weighted by molar-refractivity contribution is 0.0972. The number of anilines is 1. The van der Waals surface area contributed by atoms with Crippen LogP contribution in [0.1, 0.15) is 22.8 Å². The van der Waals surface area contributed by atoms with Crippen LogP contribution in [0.2, 0.25) is 0 Å². The Bertz CT molecular complexity index is 909. The lowest BCUT2D eigenvalue weighted by Gasteiger charge is -2.28. The molecule has 1 aliphatic rings. The molecule has 5 heteroatoms. The summed E-state index contributed by atoms with van der Waals surface area (Å²) in [4.78, 5) is 19.9. The second-order valence-corrected chi connectivity index (χ2v) is 6.56. The molecule has 26 heavy (non-hydrogen) atoms. The van der Waals surface area contributed by atoms with Gasteiger partial charge in [0, 0.05) is 18.7 Å². The fraction of sp³-hybridized carbons (Fsp3) is 0.333. The van der Waals surface area contributed by atoms with E-state index in [-0.39, 0.29) is 5.78 Å². The summed E-state index contributed by atoms with van der Waals surface area (Å²) < 4.78 is 7.50. The Hall–Kier alpha value is -2.66. The van der Waals surface area contributed by atoms with Crippen LogP contribution in [0.15, 0.2) is 48.5 Å². The van der Waals surface area contributed by atoms with Gasteiger partial charge in [-0.2, -0.15) is 0 Å². The molecular weight excluding hydrogens is 326 g/mol. The number of nitrogens with zero attached hydrogens (tertiary/aromatic N) is 3. The van der Waals surface area contributed by atoms with Crippen molar-refractivity contribution in [3.63, 3.8) is 0 Å². The highest BCUT2D eigenvalue weighted by Gasteiger charge is 2.21. The predicted molar refractivity (Wildman–Crippen MR) is 103 cm³/mol. The molecule has 0 N–H and O–H groups in total. The Kier molecular flexibility index (Phi) is 4.71. The largest absolute Gasteiger partial charge is 0.378 e. The summed E-state index contributed by atoms with van der Waals surface area (Å²) in [6.07, 6.45) is 0.974. The highest BCUT2D eigenvalue weighted by molar-refractivity contribution is 5.97. The van der Waals surface area contributed by atoms with Crippen LogP contribution in [0, 0.1) is 0 Å². The number of morpholine rings is 1. The van der Waals surface area contributed by atoms with Crippen molar-refractivity contribution in [2.24, 2.45) is 0 Å². The minimum Gasteiger partial charge on any atom is -0.378 e. The first-order valence-electron chi connectivity index (χ1n) is 9.16. The minimum atomic E-state index is 0.102. The van der Waals surface area contributed by atoms with Gasteiger partial charge in [0.25, 0.3) is 0 Å². The topological polar surface area (TPSA) is 47.4 Å². The zero-order valence-corrected chi connectivity index (χ0v) is 15.0. The number of carbonyl (C=O) groups excluding carboxylic acids is 1. The molecule has 0 spiro atoms. The molecule has 1 fully saturated rings. The summed E-state index contributed by atoms with van der Waals surface area (Å²) in [6, 6.07) is 15.9. The minimum absolute atomic E-state index is 0.102. The van der Waals surface area contributed by atoms with Crippen LogP contribution in [0.25, 0.3) is 11.0 Å². The van der Waals surface area contributed by atoms with E-state index in [0.717, 1.165) is 42.1 Å². The van der Waals surface area contributed by atoms with Gasteiger partial charge in [-0.15, -0.1) is 0 Å². The smallest absolute Gasteiger partial charge is 0.207 e. The first-order chi connectivity index (χ1) is 12.8. The van der Waals surface area contributed by atoms with Crippen molar-refractivity contribution < 1.29 is 9.53 Å². The van der Waals surface area contributed by atoms with Crippen LogP contribution in [-0.4, -0.2) is 41.6 Å². The van der Waals surface area contributed by atoms with Crippen molar-refractivity contribution in [3.8, 4) is 0 Å². The van der Waals surface area contributed by atoms with Gasteiger partial charge in [0.15, 0.2) is 5.78 Å². The molecule has 1 aromatic heterocycles. The third kappa shape index (κ3) is 3.22. The van der Waals surface area contributed by atoms with Gasteiger partial charge in [-0.1, -0.05) is 43.3 Å². The number of rotatable bonds is 5. The molecule has 2 heterocycles. The van der Waals surface area contributed by atoms with E-state index in [1.165, 1.54) is 5.56 Å². The van der Waals surface area contributed by atoms with Gasteiger partial charge in [-0.05, 0) is 24.1 Å². The number of ether oxygens (including phenoxy) is 1.